The monoisotopic (exact) mass is 182 g/mol. The molecule has 76 valence electrons. The van der Waals surface area contributed by atoms with Crippen molar-refractivity contribution in [2.24, 2.45) is 0 Å². The van der Waals surface area contributed by atoms with Crippen LogP contribution in [0.25, 0.3) is 0 Å². The van der Waals surface area contributed by atoms with Crippen molar-refractivity contribution in [2.45, 2.75) is 34.6 Å². The minimum Gasteiger partial charge on any atom is -0.501 e. The van der Waals surface area contributed by atoms with Crippen LogP contribution in [-0.4, -0.2) is 7.11 Å². The van der Waals surface area contributed by atoms with E-state index in [0.717, 1.165) is 5.76 Å². The van der Waals surface area contributed by atoms with Crippen LogP contribution < -0.4 is 0 Å². The van der Waals surface area contributed by atoms with Crippen LogP contribution in [0.4, 0.5) is 0 Å². The molecule has 0 unspecified atom stereocenters. The van der Waals surface area contributed by atoms with E-state index in [2.05, 4.69) is 13.0 Å². The number of allylic oxidation sites excluding steroid dienone is 6. The average Bonchev–Trinajstić information content (AvgIpc) is 2.18. The summed E-state index contributed by atoms with van der Waals surface area (Å²) in [6, 6.07) is 0. The van der Waals surface area contributed by atoms with Crippen molar-refractivity contribution in [3.63, 3.8) is 0 Å². The molecule has 0 aliphatic heterocycles. The second kappa shape index (κ2) is 11.0. The zero-order valence-corrected chi connectivity index (χ0v) is 9.72. The van der Waals surface area contributed by atoms with Crippen molar-refractivity contribution in [3.8, 4) is 0 Å². The summed E-state index contributed by atoms with van der Waals surface area (Å²) in [5.74, 6) is 0.925. The average molecular weight is 182 g/mol. The van der Waals surface area contributed by atoms with Crippen molar-refractivity contribution >= 4 is 0 Å². The quantitative estimate of drug-likeness (QED) is 0.472. The molecule has 0 aromatic rings. The van der Waals surface area contributed by atoms with Gasteiger partial charge in [0.25, 0.3) is 0 Å². The van der Waals surface area contributed by atoms with Gasteiger partial charge in [-0.2, -0.15) is 0 Å². The third-order valence-electron chi connectivity index (χ3n) is 1.33. The maximum Gasteiger partial charge on any atom is 0.0924 e. The molecule has 0 fully saturated rings. The normalized spacial score (nSPS) is 12.5. The third-order valence-corrected chi connectivity index (χ3v) is 1.33. The van der Waals surface area contributed by atoms with E-state index in [0.29, 0.717) is 0 Å². The van der Waals surface area contributed by atoms with Gasteiger partial charge in [0.15, 0.2) is 0 Å². The Morgan fingerprint density at radius 3 is 2.00 bits per heavy atom. The lowest BCUT2D eigenvalue weighted by molar-refractivity contribution is 0.294. The Morgan fingerprint density at radius 2 is 1.62 bits per heavy atom. The second-order valence-electron chi connectivity index (χ2n) is 2.39. The van der Waals surface area contributed by atoms with Gasteiger partial charge >= 0.3 is 0 Å². The Morgan fingerprint density at radius 1 is 1.08 bits per heavy atom. The fraction of sp³-hybridized carbons (Fsp3) is 0.500. The SMILES string of the molecule is CC.C\C=C/C(C)=C\C=C(/C)OC. The van der Waals surface area contributed by atoms with E-state index in [9.17, 15) is 0 Å². The van der Waals surface area contributed by atoms with Crippen LogP contribution in [0, 0.1) is 0 Å². The lowest BCUT2D eigenvalue weighted by Crippen LogP contribution is -1.76. The standard InChI is InChI=1S/C10H16O.C2H6/c1-5-6-9(2)7-8-10(3)11-4;1-2/h5-8H,1-4H3;1-2H3/b6-5-,9-7-,10-8+;. The minimum atomic E-state index is 0.925. The number of rotatable bonds is 3. The molecule has 1 nitrogen and oxygen atoms in total. The molecule has 0 heterocycles. The van der Waals surface area contributed by atoms with E-state index in [1.54, 1.807) is 7.11 Å². The predicted molar refractivity (Wildman–Crippen MR) is 60.7 cm³/mol. The molecule has 0 saturated carbocycles. The van der Waals surface area contributed by atoms with Gasteiger partial charge in [0.2, 0.25) is 0 Å². The van der Waals surface area contributed by atoms with Crippen LogP contribution in [0.3, 0.4) is 0 Å². The van der Waals surface area contributed by atoms with Crippen molar-refractivity contribution in [2.75, 3.05) is 7.11 Å². The van der Waals surface area contributed by atoms with Gasteiger partial charge in [-0.3, -0.25) is 0 Å². The van der Waals surface area contributed by atoms with Gasteiger partial charge in [-0.05, 0) is 26.8 Å². The van der Waals surface area contributed by atoms with E-state index < -0.39 is 0 Å². The second-order valence-corrected chi connectivity index (χ2v) is 2.39. The minimum absolute atomic E-state index is 0.925. The molecule has 0 radical (unpaired) electrons. The highest BCUT2D eigenvalue weighted by Gasteiger charge is 1.80. The number of methoxy groups -OCH3 is 1. The first-order chi connectivity index (χ1) is 6.20. The molecule has 0 rings (SSSR count). The van der Waals surface area contributed by atoms with E-state index in [-0.39, 0.29) is 0 Å². The van der Waals surface area contributed by atoms with Crippen LogP contribution in [0.15, 0.2) is 35.6 Å². The third kappa shape index (κ3) is 11.0. The summed E-state index contributed by atoms with van der Waals surface area (Å²) in [6.07, 6.45) is 8.05. The van der Waals surface area contributed by atoms with E-state index >= 15 is 0 Å². The summed E-state index contributed by atoms with van der Waals surface area (Å²) in [5.41, 5.74) is 1.23. The Kier molecular flexibility index (Phi) is 12.3. The molecule has 13 heavy (non-hydrogen) atoms. The molecule has 0 aromatic heterocycles. The lowest BCUT2D eigenvalue weighted by atomic mass is 10.2. The van der Waals surface area contributed by atoms with Crippen LogP contribution in [-0.2, 0) is 4.74 Å². The maximum atomic E-state index is 4.97. The molecule has 0 spiro atoms. The first-order valence-electron chi connectivity index (χ1n) is 4.72. The molecule has 0 saturated heterocycles. The number of hydrogen-bond donors (Lipinski definition) is 0. The fourth-order valence-corrected chi connectivity index (χ4v) is 0.635. The smallest absolute Gasteiger partial charge is 0.0924 e. The summed E-state index contributed by atoms with van der Waals surface area (Å²) in [7, 11) is 1.67. The Labute approximate surface area is 82.8 Å². The zero-order chi connectivity index (χ0) is 10.7. The van der Waals surface area contributed by atoms with Gasteiger partial charge in [0.05, 0.1) is 12.9 Å². The van der Waals surface area contributed by atoms with Gasteiger partial charge in [0.1, 0.15) is 0 Å². The highest BCUT2D eigenvalue weighted by Crippen LogP contribution is 1.98. The molecular weight excluding hydrogens is 160 g/mol. The van der Waals surface area contributed by atoms with Crippen LogP contribution in [0.5, 0.6) is 0 Å². The van der Waals surface area contributed by atoms with Crippen molar-refractivity contribution < 1.29 is 4.74 Å². The molecule has 0 bridgehead atoms. The molecule has 0 aliphatic rings. The maximum absolute atomic E-state index is 4.97. The van der Waals surface area contributed by atoms with Gasteiger partial charge < -0.3 is 4.74 Å². The van der Waals surface area contributed by atoms with Crippen LogP contribution in [0.1, 0.15) is 34.6 Å². The molecule has 0 amide bonds. The predicted octanol–water partition coefficient (Wildman–Crippen LogP) is 4.09. The summed E-state index contributed by atoms with van der Waals surface area (Å²) in [5, 5.41) is 0. The largest absolute Gasteiger partial charge is 0.501 e. The Balaban J connectivity index is 0. The van der Waals surface area contributed by atoms with Gasteiger partial charge in [-0.15, -0.1) is 0 Å². The number of hydrogen-bond acceptors (Lipinski definition) is 1. The topological polar surface area (TPSA) is 9.23 Å². The molecule has 0 aromatic carbocycles. The Hall–Kier alpha value is -0.980. The fourth-order valence-electron chi connectivity index (χ4n) is 0.635. The van der Waals surface area contributed by atoms with Gasteiger partial charge in [0, 0.05) is 0 Å². The van der Waals surface area contributed by atoms with Crippen molar-refractivity contribution in [1.29, 1.82) is 0 Å². The first-order valence-corrected chi connectivity index (χ1v) is 4.72. The van der Waals surface area contributed by atoms with Crippen LogP contribution in [0.2, 0.25) is 0 Å². The Bertz CT molecular complexity index is 185. The summed E-state index contributed by atoms with van der Waals surface area (Å²) < 4.78 is 4.97. The van der Waals surface area contributed by atoms with Crippen molar-refractivity contribution in [1.82, 2.24) is 0 Å². The lowest BCUT2D eigenvalue weighted by Gasteiger charge is -1.94. The molecular formula is C12H22O. The zero-order valence-electron chi connectivity index (χ0n) is 9.72. The highest BCUT2D eigenvalue weighted by molar-refractivity contribution is 5.21. The molecule has 1 heteroatoms. The summed E-state index contributed by atoms with van der Waals surface area (Å²) in [6.45, 7) is 9.99. The van der Waals surface area contributed by atoms with Crippen LogP contribution >= 0.6 is 0 Å². The highest BCUT2D eigenvalue weighted by atomic mass is 16.5. The van der Waals surface area contributed by atoms with E-state index in [4.69, 9.17) is 4.74 Å². The van der Waals surface area contributed by atoms with E-state index in [1.807, 2.05) is 45.9 Å². The first kappa shape index (κ1) is 14.5. The van der Waals surface area contributed by atoms with E-state index in [1.165, 1.54) is 5.57 Å². The van der Waals surface area contributed by atoms with Gasteiger partial charge in [-0.25, -0.2) is 0 Å². The molecule has 0 N–H and O–H groups in total. The summed E-state index contributed by atoms with van der Waals surface area (Å²) in [4.78, 5) is 0. The molecule has 0 aliphatic carbocycles. The van der Waals surface area contributed by atoms with Crippen molar-refractivity contribution in [3.05, 3.63) is 35.6 Å². The van der Waals surface area contributed by atoms with Gasteiger partial charge in [-0.1, -0.05) is 37.6 Å². The molecule has 0 atom stereocenters. The summed E-state index contributed by atoms with van der Waals surface area (Å²) >= 11 is 0. The number of ether oxygens (including phenoxy) is 1.